The molecule has 0 aromatic heterocycles. The van der Waals surface area contributed by atoms with Crippen molar-refractivity contribution in [3.63, 3.8) is 0 Å². The molecule has 1 rings (SSSR count). The van der Waals surface area contributed by atoms with Gasteiger partial charge in [-0.05, 0) is 13.0 Å². The summed E-state index contributed by atoms with van der Waals surface area (Å²) in [6.07, 6.45) is 0. The lowest BCUT2D eigenvalue weighted by Crippen LogP contribution is -2.17. The van der Waals surface area contributed by atoms with Crippen LogP contribution < -0.4 is 4.74 Å². The summed E-state index contributed by atoms with van der Waals surface area (Å²) < 4.78 is 22.4. The Hall–Kier alpha value is -2.11. The van der Waals surface area contributed by atoms with Gasteiger partial charge in [-0.2, -0.15) is 0 Å². The monoisotopic (exact) mass is 242 g/mol. The number of Topliss-reactive ketones (excluding diaryl/α,β-unsaturated/α-hetero) is 1. The first-order valence-corrected chi connectivity index (χ1v) is 4.79. The topological polar surface area (TPSA) is 72.8 Å². The number of carbonyl (C=O) groups is 2. The first-order chi connectivity index (χ1) is 8.01. The van der Waals surface area contributed by atoms with Gasteiger partial charge < -0.3 is 14.6 Å². The van der Waals surface area contributed by atoms with E-state index in [2.05, 4.69) is 9.47 Å². The number of hydrogen-bond acceptors (Lipinski definition) is 5. The number of esters is 1. The molecule has 0 fully saturated rings. The van der Waals surface area contributed by atoms with Crippen molar-refractivity contribution in [1.82, 2.24) is 0 Å². The predicted octanol–water partition coefficient (Wildman–Crippen LogP) is 1.29. The van der Waals surface area contributed by atoms with Crippen LogP contribution in [0.4, 0.5) is 4.39 Å². The Balaban J connectivity index is 3.11. The van der Waals surface area contributed by atoms with E-state index < -0.39 is 28.9 Å². The van der Waals surface area contributed by atoms with E-state index >= 15 is 0 Å². The fraction of sp³-hybridized carbons (Fsp3) is 0.273. The Bertz CT molecular complexity index is 455. The van der Waals surface area contributed by atoms with E-state index in [1.54, 1.807) is 0 Å². The van der Waals surface area contributed by atoms with Crippen molar-refractivity contribution < 1.29 is 28.6 Å². The van der Waals surface area contributed by atoms with Crippen molar-refractivity contribution in [1.29, 1.82) is 0 Å². The van der Waals surface area contributed by atoms with Crippen LogP contribution in [0, 0.1) is 5.82 Å². The van der Waals surface area contributed by atoms with E-state index in [1.807, 2.05) is 0 Å². The van der Waals surface area contributed by atoms with Gasteiger partial charge in [-0.25, -0.2) is 9.18 Å². The number of phenols is 1. The second-order valence-corrected chi connectivity index (χ2v) is 3.05. The van der Waals surface area contributed by atoms with Gasteiger partial charge in [-0.3, -0.25) is 4.79 Å². The van der Waals surface area contributed by atoms with Crippen LogP contribution in [0.5, 0.6) is 11.5 Å². The number of carbonyl (C=O) groups excluding carboxylic acids is 2. The third-order valence-corrected chi connectivity index (χ3v) is 1.98. The Labute approximate surface area is 96.8 Å². The van der Waals surface area contributed by atoms with Crippen LogP contribution in [-0.2, 0) is 9.53 Å². The van der Waals surface area contributed by atoms with Crippen molar-refractivity contribution in [2.45, 2.75) is 6.92 Å². The number of halogens is 1. The van der Waals surface area contributed by atoms with E-state index in [0.717, 1.165) is 12.1 Å². The van der Waals surface area contributed by atoms with Crippen molar-refractivity contribution >= 4 is 11.8 Å². The minimum atomic E-state index is -1.15. The summed E-state index contributed by atoms with van der Waals surface area (Å²) >= 11 is 0. The molecular formula is C11H11FO5. The van der Waals surface area contributed by atoms with Crippen molar-refractivity contribution in [2.75, 3.05) is 13.7 Å². The summed E-state index contributed by atoms with van der Waals surface area (Å²) in [5, 5.41) is 9.46. The van der Waals surface area contributed by atoms with Gasteiger partial charge in [0.2, 0.25) is 0 Å². The highest BCUT2D eigenvalue weighted by Crippen LogP contribution is 2.27. The molecule has 1 N–H and O–H groups in total. The molecule has 6 heteroatoms. The maximum atomic E-state index is 13.3. The van der Waals surface area contributed by atoms with E-state index in [9.17, 15) is 19.1 Å². The van der Waals surface area contributed by atoms with Gasteiger partial charge in [-0.15, -0.1) is 0 Å². The largest absolute Gasteiger partial charge is 0.507 e. The fourth-order valence-electron chi connectivity index (χ4n) is 1.19. The number of phenolic OH excluding ortho intramolecular Hbond substituents is 1. The maximum Gasteiger partial charge on any atom is 0.379 e. The zero-order valence-corrected chi connectivity index (χ0v) is 9.32. The standard InChI is InChI=1S/C11H11FO5/c1-3-17-11(15)10(14)6-4-7(12)9(16-2)5-8(6)13/h4-5,13H,3H2,1-2H3. The lowest BCUT2D eigenvalue weighted by Gasteiger charge is -2.06. The molecule has 0 radical (unpaired) electrons. The number of ether oxygens (including phenoxy) is 2. The minimum absolute atomic E-state index is 0.0178. The highest BCUT2D eigenvalue weighted by Gasteiger charge is 2.23. The predicted molar refractivity (Wildman–Crippen MR) is 55.6 cm³/mol. The van der Waals surface area contributed by atoms with Gasteiger partial charge in [-0.1, -0.05) is 0 Å². The van der Waals surface area contributed by atoms with E-state index in [0.29, 0.717) is 0 Å². The summed E-state index contributed by atoms with van der Waals surface area (Å²) in [4.78, 5) is 22.6. The summed E-state index contributed by atoms with van der Waals surface area (Å²) in [5.74, 6) is -3.86. The van der Waals surface area contributed by atoms with Gasteiger partial charge in [0.05, 0.1) is 19.3 Å². The maximum absolute atomic E-state index is 13.3. The Morgan fingerprint density at radius 2 is 2.06 bits per heavy atom. The van der Waals surface area contributed by atoms with Crippen LogP contribution in [0.15, 0.2) is 12.1 Å². The van der Waals surface area contributed by atoms with Gasteiger partial charge in [0.1, 0.15) is 5.75 Å². The quantitative estimate of drug-likeness (QED) is 0.489. The summed E-state index contributed by atoms with van der Waals surface area (Å²) in [7, 11) is 1.21. The Kier molecular flexibility index (Phi) is 4.03. The van der Waals surface area contributed by atoms with E-state index in [1.165, 1.54) is 14.0 Å². The van der Waals surface area contributed by atoms with Crippen LogP contribution in [0.1, 0.15) is 17.3 Å². The van der Waals surface area contributed by atoms with Gasteiger partial charge in [0, 0.05) is 6.07 Å². The molecule has 1 aromatic rings. The molecule has 0 aliphatic heterocycles. The van der Waals surface area contributed by atoms with Crippen LogP contribution in [-0.4, -0.2) is 30.6 Å². The number of rotatable bonds is 4. The molecule has 0 unspecified atom stereocenters. The number of benzene rings is 1. The molecule has 0 saturated heterocycles. The first-order valence-electron chi connectivity index (χ1n) is 4.79. The third-order valence-electron chi connectivity index (χ3n) is 1.98. The lowest BCUT2D eigenvalue weighted by atomic mass is 10.1. The molecule has 5 nitrogen and oxygen atoms in total. The molecule has 0 bridgehead atoms. The molecule has 1 aromatic carbocycles. The van der Waals surface area contributed by atoms with Crippen molar-refractivity contribution in [3.05, 3.63) is 23.5 Å². The molecule has 0 heterocycles. The average Bonchev–Trinajstić information content (AvgIpc) is 2.31. The molecule has 0 saturated carbocycles. The fourth-order valence-corrected chi connectivity index (χ4v) is 1.19. The molecule has 0 aliphatic carbocycles. The van der Waals surface area contributed by atoms with Crippen LogP contribution in [0.2, 0.25) is 0 Å². The highest BCUT2D eigenvalue weighted by atomic mass is 19.1. The SMILES string of the molecule is CCOC(=O)C(=O)c1cc(F)c(OC)cc1O. The molecule has 17 heavy (non-hydrogen) atoms. The molecule has 0 aliphatic rings. The summed E-state index contributed by atoms with van der Waals surface area (Å²) in [5.41, 5.74) is -0.457. The molecule has 0 amide bonds. The summed E-state index contributed by atoms with van der Waals surface area (Å²) in [6.45, 7) is 1.55. The number of methoxy groups -OCH3 is 1. The normalized spacial score (nSPS) is 9.82. The average molecular weight is 242 g/mol. The molecule has 0 atom stereocenters. The molecule has 0 spiro atoms. The van der Waals surface area contributed by atoms with Crippen LogP contribution in [0.3, 0.4) is 0 Å². The smallest absolute Gasteiger partial charge is 0.379 e. The van der Waals surface area contributed by atoms with Gasteiger partial charge >= 0.3 is 5.97 Å². The first kappa shape index (κ1) is 13.0. The zero-order chi connectivity index (χ0) is 13.0. The second kappa shape index (κ2) is 5.29. The third kappa shape index (κ3) is 2.72. The van der Waals surface area contributed by atoms with Crippen LogP contribution in [0.25, 0.3) is 0 Å². The zero-order valence-electron chi connectivity index (χ0n) is 9.32. The molecule has 92 valence electrons. The lowest BCUT2D eigenvalue weighted by molar-refractivity contribution is -0.137. The number of ketones is 1. The molecular weight excluding hydrogens is 231 g/mol. The Morgan fingerprint density at radius 1 is 1.41 bits per heavy atom. The highest BCUT2D eigenvalue weighted by molar-refractivity contribution is 6.41. The summed E-state index contributed by atoms with van der Waals surface area (Å²) in [6, 6.07) is 1.65. The Morgan fingerprint density at radius 3 is 2.59 bits per heavy atom. The number of hydrogen-bond donors (Lipinski definition) is 1. The number of aromatic hydroxyl groups is 1. The van der Waals surface area contributed by atoms with Crippen LogP contribution >= 0.6 is 0 Å². The van der Waals surface area contributed by atoms with Gasteiger partial charge in [0.15, 0.2) is 11.6 Å². The second-order valence-electron chi connectivity index (χ2n) is 3.05. The van der Waals surface area contributed by atoms with Gasteiger partial charge in [0.25, 0.3) is 5.78 Å². The minimum Gasteiger partial charge on any atom is -0.507 e. The van der Waals surface area contributed by atoms with E-state index in [4.69, 9.17) is 0 Å². The van der Waals surface area contributed by atoms with Crippen molar-refractivity contribution in [3.8, 4) is 11.5 Å². The van der Waals surface area contributed by atoms with E-state index in [-0.39, 0.29) is 12.4 Å². The van der Waals surface area contributed by atoms with Crippen molar-refractivity contribution in [2.24, 2.45) is 0 Å².